The number of benzene rings is 8. The van der Waals surface area contributed by atoms with E-state index < -0.39 is 11.6 Å². The van der Waals surface area contributed by atoms with E-state index in [1.807, 2.05) is 50.2 Å². The van der Waals surface area contributed by atoms with Crippen LogP contribution in [-0.4, -0.2) is 115 Å². The summed E-state index contributed by atoms with van der Waals surface area (Å²) in [4.78, 5) is 115. The number of Topliss-reactive ketones (excluding diaryl/α,β-unsaturated/α-hetero) is 8. The highest BCUT2D eigenvalue weighted by Crippen LogP contribution is 2.41. The minimum atomic E-state index is -0.474. The summed E-state index contributed by atoms with van der Waals surface area (Å²) in [5.74, 6) is 2.90. The molecule has 0 amide bonds. The van der Waals surface area contributed by atoms with E-state index in [2.05, 4.69) is 51.2 Å². The number of methoxy groups -OCH3 is 4. The maximum atomic E-state index is 14.9. The zero-order valence-corrected chi connectivity index (χ0v) is 73.0. The van der Waals surface area contributed by atoms with Gasteiger partial charge in [0.15, 0.2) is 23.1 Å². The van der Waals surface area contributed by atoms with Crippen molar-refractivity contribution < 1.29 is 70.8 Å². The number of hydrogen-bond donors (Lipinski definition) is 4. The van der Waals surface area contributed by atoms with E-state index in [0.29, 0.717) is 161 Å². The number of carbonyl (C=O) groups is 8. The number of aromatic nitrogens is 8. The van der Waals surface area contributed by atoms with Gasteiger partial charge in [0.2, 0.25) is 0 Å². The Bertz CT molecular complexity index is 6350. The molecule has 0 atom stereocenters. The summed E-state index contributed by atoms with van der Waals surface area (Å²) < 4.78 is 59.2. The maximum Gasteiger partial charge on any atom is 0.166 e. The van der Waals surface area contributed by atoms with Crippen LogP contribution in [0.4, 0.5) is 42.9 Å². The van der Waals surface area contributed by atoms with Crippen molar-refractivity contribution >= 4 is 147 Å². The number of fused-ring (bicyclic) bond motifs is 4. The van der Waals surface area contributed by atoms with Crippen molar-refractivity contribution in [2.75, 3.05) is 44.4 Å². The number of H-pyrrole nitrogens is 1. The van der Waals surface area contributed by atoms with Crippen molar-refractivity contribution in [2.45, 2.75) is 118 Å². The molecule has 0 bridgehead atoms. The Morgan fingerprint density at radius 3 is 1.19 bits per heavy atom. The summed E-state index contributed by atoms with van der Waals surface area (Å²) in [7, 11) is 7.89. The van der Waals surface area contributed by atoms with Gasteiger partial charge in [-0.15, -0.1) is 0 Å². The van der Waals surface area contributed by atoms with Gasteiger partial charge < -0.3 is 39.6 Å². The van der Waals surface area contributed by atoms with E-state index in [1.165, 1.54) is 33.5 Å². The van der Waals surface area contributed by atoms with Crippen molar-refractivity contribution in [1.82, 2.24) is 39.9 Å². The first-order chi connectivity index (χ1) is 61.3. The molecule has 0 saturated heterocycles. The first-order valence-corrected chi connectivity index (χ1v) is 42.3. The molecule has 6 aromatic heterocycles. The molecule has 2 saturated carbocycles. The van der Waals surface area contributed by atoms with Crippen LogP contribution in [0.2, 0.25) is 10.0 Å². The third-order valence-electron chi connectivity index (χ3n) is 21.6. The van der Waals surface area contributed by atoms with Crippen LogP contribution in [0.3, 0.4) is 0 Å². The summed E-state index contributed by atoms with van der Waals surface area (Å²) >= 11 is 12.8. The number of aromatic amines is 1. The second-order valence-corrected chi connectivity index (χ2v) is 31.5. The van der Waals surface area contributed by atoms with Gasteiger partial charge in [0.1, 0.15) is 69.3 Å². The van der Waals surface area contributed by atoms with Crippen molar-refractivity contribution in [3.8, 4) is 34.5 Å². The van der Waals surface area contributed by atoms with Crippen molar-refractivity contribution in [3.63, 3.8) is 0 Å². The van der Waals surface area contributed by atoms with E-state index >= 15 is 0 Å². The van der Waals surface area contributed by atoms with Crippen LogP contribution >= 0.6 is 23.2 Å². The number of ketones is 8. The molecule has 16 rings (SSSR count). The zero-order valence-electron chi connectivity index (χ0n) is 71.5. The molecule has 0 unspecified atom stereocenters. The number of hydrogen-bond acceptors (Lipinski definition) is 22. The molecule has 14 aromatic rings. The number of ether oxygens (including phenoxy) is 5. The normalized spacial score (nSPS) is 12.0. The highest BCUT2D eigenvalue weighted by Gasteiger charge is 2.31. The first-order valence-electron chi connectivity index (χ1n) is 41.5. The molecule has 0 radical (unpaired) electrons. The summed E-state index contributed by atoms with van der Waals surface area (Å²) in [6.45, 7) is 7.21. The molecule has 4 N–H and O–H groups in total. The smallest absolute Gasteiger partial charge is 0.166 e. The van der Waals surface area contributed by atoms with E-state index in [9.17, 15) is 47.1 Å². The van der Waals surface area contributed by atoms with Crippen LogP contribution in [0.5, 0.6) is 34.5 Å². The molecule has 2 aliphatic carbocycles. The number of rotatable bonds is 34. The summed E-state index contributed by atoms with van der Waals surface area (Å²) in [5.41, 5.74) is 12.4. The molecule has 24 nitrogen and oxygen atoms in total. The van der Waals surface area contributed by atoms with Gasteiger partial charge in [-0.1, -0.05) is 75.2 Å². The van der Waals surface area contributed by atoms with E-state index in [0.717, 1.165) is 70.1 Å². The lowest BCUT2D eigenvalue weighted by atomic mass is 10.0. The topological polar surface area (TPSA) is 317 Å². The quantitative estimate of drug-likeness (QED) is 0.0272. The monoisotopic (exact) mass is 1750 g/mol. The Labute approximate surface area is 741 Å². The molecule has 8 aromatic carbocycles. The Morgan fingerprint density at radius 1 is 0.417 bits per heavy atom. The average Bonchev–Trinajstić information content (AvgIpc) is 1.50. The number of carbonyl (C=O) groups excluding carboxylic acids is 8. The highest BCUT2D eigenvalue weighted by molar-refractivity contribution is 6.32. The third-order valence-corrected chi connectivity index (χ3v) is 22.3. The van der Waals surface area contributed by atoms with E-state index in [-0.39, 0.29) is 95.2 Å². The summed E-state index contributed by atoms with van der Waals surface area (Å²) in [6, 6.07) is 41.4. The number of anilines is 6. The van der Waals surface area contributed by atoms with Gasteiger partial charge in [0, 0.05) is 175 Å². The van der Waals surface area contributed by atoms with Crippen LogP contribution in [0.1, 0.15) is 154 Å². The fourth-order valence-corrected chi connectivity index (χ4v) is 14.9. The van der Waals surface area contributed by atoms with Crippen LogP contribution in [-0.2, 0) is 64.8 Å². The molecule has 0 aliphatic heterocycles. The molecule has 2 fully saturated rings. The molecule has 28 heteroatoms. The summed E-state index contributed by atoms with van der Waals surface area (Å²) in [5, 5.41) is 24.2. The Balaban J connectivity index is 0.000000145. The number of nitrogens with one attached hydrogen (secondary N) is 4. The maximum absolute atomic E-state index is 14.9. The molecule has 127 heavy (non-hydrogen) atoms. The number of nitrogens with zero attached hydrogens (tertiary/aromatic N) is 7. The lowest BCUT2D eigenvalue weighted by Crippen LogP contribution is -2.07. The second kappa shape index (κ2) is 41.7. The third kappa shape index (κ3) is 22.8. The summed E-state index contributed by atoms with van der Waals surface area (Å²) in [6.07, 6.45) is 20.2. The Kier molecular flexibility index (Phi) is 29.8. The average molecular weight is 1750 g/mol. The van der Waals surface area contributed by atoms with Gasteiger partial charge >= 0.3 is 0 Å². The van der Waals surface area contributed by atoms with Gasteiger partial charge in [-0.25, -0.2) is 8.78 Å². The number of halogens is 4. The lowest BCUT2D eigenvalue weighted by molar-refractivity contribution is -0.120. The van der Waals surface area contributed by atoms with Gasteiger partial charge in [0.25, 0.3) is 0 Å². The molecule has 2 aliphatic rings. The molecular weight excluding hydrogens is 1660 g/mol. The molecular formula is C99H93Cl2F2N11O13. The predicted molar refractivity (Wildman–Crippen MR) is 487 cm³/mol. The highest BCUT2D eigenvalue weighted by atomic mass is 35.5. The predicted octanol–water partition coefficient (Wildman–Crippen LogP) is 21.2. The van der Waals surface area contributed by atoms with Crippen molar-refractivity contribution in [1.29, 1.82) is 0 Å². The van der Waals surface area contributed by atoms with Crippen LogP contribution in [0.25, 0.3) is 43.6 Å². The van der Waals surface area contributed by atoms with Gasteiger partial charge in [0.05, 0.1) is 96.5 Å². The second-order valence-electron chi connectivity index (χ2n) is 30.7. The SMILES string of the molecule is CCC(=O)c1cc2nccc(Nc3ccc(CC(=O)C4CC4)c(Cl)c3)c2cc1OC.CCC(=O)c1cc2nccc(Nc3ccc(CC(=O)Cc4cn[nH]c4)cc3F)c2cc1OC.CCC(=O)c1cc2nccc(Nc3ccc(CC(=O)Cc4cnn(C)c4)cc3F)c2cc1OC.CCC(=O)c1cc2nccc(Oc3ccc(CC(=O)C4CC4)c(Cl)c3)c2cc1OC. The first kappa shape index (κ1) is 90.7. The standard InChI is InChI=1S/C26H25FN4O3.C25H23FN4O3.C24H23ClN2O3.C24H22ClNO4/c1-4-25(33)20-12-24-19(13-26(20)34-3)22(7-8-28-24)30-23-6-5-16(11-21(23)27)9-18(32)10-17-14-29-31(2)15-17;1-3-24(32)19-11-23-18(12-25(19)33-2)21(6-7-27-23)30-22-5-4-15(10-20(22)26)8-17(31)9-16-13-28-29-14-16;1-3-22(28)18-12-21-17(13-24(18)30-2)20(8-9-26-21)27-16-7-6-15(19(25)11-16)10-23(29)14-4-5-14;1-3-21(27)18-12-20-17(13-24(18)29-2)23(8-9-26-20)30-16-7-6-15(19(25)11-16)10-22(28)14-4-5-14/h5-8,11-15H,4,9-10H2,1-3H3,(H,28,30);4-7,10-14H,3,8-9H2,1-2H3,(H,27,30)(H,28,29);6-9,11-14H,3-5,10H2,1-2H3,(H,26,27);6-9,11-14H,3-5,10H2,1-2H3. The molecule has 0 spiro atoms. The van der Waals surface area contributed by atoms with Gasteiger partial charge in [-0.3, -0.25) is 68.1 Å². The van der Waals surface area contributed by atoms with Crippen molar-refractivity contribution in [2.24, 2.45) is 18.9 Å². The molecule has 6 heterocycles. The van der Waals surface area contributed by atoms with Gasteiger partial charge in [-0.05, 0) is 180 Å². The van der Waals surface area contributed by atoms with Crippen LogP contribution < -0.4 is 39.6 Å². The lowest BCUT2D eigenvalue weighted by Gasteiger charge is -2.14. The fourth-order valence-electron chi connectivity index (χ4n) is 14.5. The van der Waals surface area contributed by atoms with E-state index in [4.69, 9.17) is 46.9 Å². The number of pyridine rings is 4. The minimum absolute atomic E-state index is 0.00927. The van der Waals surface area contributed by atoms with Crippen molar-refractivity contribution in [3.05, 3.63) is 272 Å². The fraction of sp³-hybridized carbons (Fsp3) is 0.253. The Morgan fingerprint density at radius 2 is 0.811 bits per heavy atom. The Hall–Kier alpha value is -14.0. The minimum Gasteiger partial charge on any atom is -0.496 e. The molecule has 650 valence electrons. The van der Waals surface area contributed by atoms with Gasteiger partial charge in [-0.2, -0.15) is 10.2 Å². The van der Waals surface area contributed by atoms with Crippen LogP contribution in [0, 0.1) is 23.5 Å². The largest absolute Gasteiger partial charge is 0.496 e. The van der Waals surface area contributed by atoms with E-state index in [1.54, 1.807) is 179 Å². The van der Waals surface area contributed by atoms with Crippen LogP contribution in [0.15, 0.2) is 195 Å². The number of aryl methyl sites for hydroxylation is 1. The zero-order chi connectivity index (χ0) is 90.1.